The first-order chi connectivity index (χ1) is 11.5. The number of carbonyl (C=O) groups excluding carboxylic acids is 3. The molecule has 0 aliphatic carbocycles. The van der Waals surface area contributed by atoms with Crippen LogP contribution in [0.25, 0.3) is 5.76 Å². The molecular formula is C18H10Br2O4. The Morgan fingerprint density at radius 1 is 0.875 bits per heavy atom. The Labute approximate surface area is 154 Å². The maximum Gasteiger partial charge on any atom is 0.330 e. The number of esters is 1. The zero-order valence-electron chi connectivity index (χ0n) is 12.2. The molecule has 1 atom stereocenters. The van der Waals surface area contributed by atoms with Gasteiger partial charge in [0.25, 0.3) is 0 Å². The first-order valence-electron chi connectivity index (χ1n) is 6.98. The summed E-state index contributed by atoms with van der Waals surface area (Å²) in [5.41, 5.74) is 0.878. The molecule has 2 aromatic carbocycles. The number of cyclic esters (lactones) is 1. The third-order valence-corrected chi connectivity index (χ3v) is 4.58. The monoisotopic (exact) mass is 448 g/mol. The quantitative estimate of drug-likeness (QED) is 0.400. The summed E-state index contributed by atoms with van der Waals surface area (Å²) in [5, 5.41) is 0. The second-order valence-electron chi connectivity index (χ2n) is 5.14. The van der Waals surface area contributed by atoms with Crippen molar-refractivity contribution in [1.29, 1.82) is 0 Å². The number of hydrogen-bond acceptors (Lipinski definition) is 4. The van der Waals surface area contributed by atoms with Crippen LogP contribution in [0.2, 0.25) is 0 Å². The molecule has 4 nitrogen and oxygen atoms in total. The van der Waals surface area contributed by atoms with Crippen LogP contribution in [0, 0.1) is 5.92 Å². The molecule has 0 amide bonds. The molecule has 120 valence electrons. The molecule has 2 aromatic rings. The average Bonchev–Trinajstić information content (AvgIpc) is 2.55. The van der Waals surface area contributed by atoms with E-state index in [9.17, 15) is 14.4 Å². The van der Waals surface area contributed by atoms with Gasteiger partial charge in [-0.05, 0) is 24.3 Å². The summed E-state index contributed by atoms with van der Waals surface area (Å²) in [5.74, 6) is -3.29. The number of benzene rings is 2. The predicted molar refractivity (Wildman–Crippen MR) is 95.2 cm³/mol. The van der Waals surface area contributed by atoms with Crippen molar-refractivity contribution in [3.63, 3.8) is 0 Å². The van der Waals surface area contributed by atoms with Gasteiger partial charge in [0.05, 0.1) is 0 Å². The van der Waals surface area contributed by atoms with Crippen molar-refractivity contribution in [2.75, 3.05) is 0 Å². The predicted octanol–water partition coefficient (Wildman–Crippen LogP) is 4.18. The third kappa shape index (κ3) is 3.39. The summed E-state index contributed by atoms with van der Waals surface area (Å²) in [6.07, 6.45) is 1.20. The lowest BCUT2D eigenvalue weighted by molar-refractivity contribution is -0.143. The lowest BCUT2D eigenvalue weighted by Gasteiger charge is -2.19. The number of Topliss-reactive ketones (excluding diaryl/α,β-unsaturated/α-hetero) is 1. The van der Waals surface area contributed by atoms with Crippen molar-refractivity contribution >= 4 is 55.2 Å². The Kier molecular flexibility index (Phi) is 4.78. The fourth-order valence-corrected chi connectivity index (χ4v) is 2.83. The summed E-state index contributed by atoms with van der Waals surface area (Å²) < 4.78 is 6.88. The molecule has 0 spiro atoms. The average molecular weight is 450 g/mol. The van der Waals surface area contributed by atoms with E-state index >= 15 is 0 Å². The van der Waals surface area contributed by atoms with Gasteiger partial charge in [0, 0.05) is 26.1 Å². The summed E-state index contributed by atoms with van der Waals surface area (Å²) >= 11 is 6.58. The van der Waals surface area contributed by atoms with Gasteiger partial charge in [0.1, 0.15) is 5.76 Å². The second-order valence-corrected chi connectivity index (χ2v) is 6.97. The molecule has 1 heterocycles. The highest BCUT2D eigenvalue weighted by molar-refractivity contribution is 9.10. The normalized spacial score (nSPS) is 17.2. The summed E-state index contributed by atoms with van der Waals surface area (Å²) in [6.45, 7) is 0. The summed E-state index contributed by atoms with van der Waals surface area (Å²) in [7, 11) is 0. The van der Waals surface area contributed by atoms with Crippen LogP contribution in [0.1, 0.15) is 15.9 Å². The molecule has 0 bridgehead atoms. The Hall–Kier alpha value is -2.05. The molecule has 1 aliphatic rings. The minimum absolute atomic E-state index is 0.150. The summed E-state index contributed by atoms with van der Waals surface area (Å²) in [4.78, 5) is 37.0. The maximum absolute atomic E-state index is 12.4. The van der Waals surface area contributed by atoms with Crippen molar-refractivity contribution in [3.05, 3.63) is 74.7 Å². The SMILES string of the molecule is O=C1C=C(c2ccc(Br)cc2)OC(=O)[C@@H]1C(=O)c1ccc(Br)cc1. The topological polar surface area (TPSA) is 60.4 Å². The van der Waals surface area contributed by atoms with Gasteiger partial charge in [-0.15, -0.1) is 0 Å². The van der Waals surface area contributed by atoms with Gasteiger partial charge in [0.2, 0.25) is 0 Å². The minimum Gasteiger partial charge on any atom is -0.425 e. The zero-order chi connectivity index (χ0) is 17.3. The number of ether oxygens (including phenoxy) is 1. The highest BCUT2D eigenvalue weighted by atomic mass is 79.9. The first kappa shape index (κ1) is 16.8. The van der Waals surface area contributed by atoms with Gasteiger partial charge in [-0.3, -0.25) is 14.4 Å². The maximum atomic E-state index is 12.4. The first-order valence-corrected chi connectivity index (χ1v) is 8.57. The van der Waals surface area contributed by atoms with Crippen molar-refractivity contribution in [3.8, 4) is 0 Å². The molecule has 0 unspecified atom stereocenters. The standard InChI is InChI=1S/C18H10Br2O4/c19-12-5-1-10(2-6-12)15-9-14(21)16(18(23)24-15)17(22)11-3-7-13(20)8-4-11/h1-9,16H/t16-/m0/s1. The fourth-order valence-electron chi connectivity index (χ4n) is 2.30. The van der Waals surface area contributed by atoms with Crippen molar-refractivity contribution in [2.24, 2.45) is 5.92 Å². The van der Waals surface area contributed by atoms with Crippen LogP contribution in [-0.4, -0.2) is 17.5 Å². The van der Waals surface area contributed by atoms with E-state index in [1.165, 1.54) is 6.08 Å². The van der Waals surface area contributed by atoms with E-state index in [-0.39, 0.29) is 11.3 Å². The molecule has 24 heavy (non-hydrogen) atoms. The number of halogens is 2. The van der Waals surface area contributed by atoms with Crippen LogP contribution in [0.4, 0.5) is 0 Å². The van der Waals surface area contributed by atoms with E-state index in [4.69, 9.17) is 4.74 Å². The van der Waals surface area contributed by atoms with E-state index in [1.54, 1.807) is 48.5 Å². The molecule has 1 aliphatic heterocycles. The van der Waals surface area contributed by atoms with Gasteiger partial charge >= 0.3 is 5.97 Å². The van der Waals surface area contributed by atoms with E-state index in [0.717, 1.165) is 8.95 Å². The van der Waals surface area contributed by atoms with Crippen LogP contribution in [-0.2, 0) is 14.3 Å². The molecule has 6 heteroatoms. The Balaban J connectivity index is 1.89. The Morgan fingerprint density at radius 3 is 1.96 bits per heavy atom. The number of carbonyl (C=O) groups is 3. The van der Waals surface area contributed by atoms with Gasteiger partial charge in [0.15, 0.2) is 17.5 Å². The van der Waals surface area contributed by atoms with E-state index in [2.05, 4.69) is 31.9 Å². The van der Waals surface area contributed by atoms with Crippen molar-refractivity contribution < 1.29 is 19.1 Å². The number of hydrogen-bond donors (Lipinski definition) is 0. The van der Waals surface area contributed by atoms with Crippen molar-refractivity contribution in [1.82, 2.24) is 0 Å². The molecule has 0 saturated carbocycles. The Bertz CT molecular complexity index is 852. The van der Waals surface area contributed by atoms with E-state index < -0.39 is 23.5 Å². The molecule has 0 fully saturated rings. The highest BCUT2D eigenvalue weighted by Crippen LogP contribution is 2.27. The molecule has 0 N–H and O–H groups in total. The van der Waals surface area contributed by atoms with Gasteiger partial charge < -0.3 is 4.74 Å². The van der Waals surface area contributed by atoms with Crippen LogP contribution < -0.4 is 0 Å². The number of allylic oxidation sites excluding steroid dienone is 1. The minimum atomic E-state index is -1.45. The second kappa shape index (κ2) is 6.83. The third-order valence-electron chi connectivity index (χ3n) is 3.52. The Morgan fingerprint density at radius 2 is 1.42 bits per heavy atom. The molecular weight excluding hydrogens is 440 g/mol. The molecule has 3 rings (SSSR count). The van der Waals surface area contributed by atoms with Crippen LogP contribution in [0.5, 0.6) is 0 Å². The van der Waals surface area contributed by atoms with E-state index in [1.807, 2.05) is 0 Å². The highest BCUT2D eigenvalue weighted by Gasteiger charge is 2.39. The number of ketones is 2. The van der Waals surface area contributed by atoms with E-state index in [0.29, 0.717) is 5.56 Å². The van der Waals surface area contributed by atoms with Crippen LogP contribution >= 0.6 is 31.9 Å². The molecule has 0 aromatic heterocycles. The lowest BCUT2D eigenvalue weighted by atomic mass is 9.91. The van der Waals surface area contributed by atoms with Gasteiger partial charge in [-0.2, -0.15) is 0 Å². The van der Waals surface area contributed by atoms with Crippen LogP contribution in [0.15, 0.2) is 63.6 Å². The molecule has 0 radical (unpaired) electrons. The summed E-state index contributed by atoms with van der Waals surface area (Å²) in [6, 6.07) is 13.4. The molecule has 0 saturated heterocycles. The van der Waals surface area contributed by atoms with Gasteiger partial charge in [-0.25, -0.2) is 0 Å². The zero-order valence-corrected chi connectivity index (χ0v) is 15.3. The lowest BCUT2D eigenvalue weighted by Crippen LogP contribution is -2.35. The van der Waals surface area contributed by atoms with Crippen LogP contribution in [0.3, 0.4) is 0 Å². The largest absolute Gasteiger partial charge is 0.425 e. The smallest absolute Gasteiger partial charge is 0.330 e. The van der Waals surface area contributed by atoms with Crippen molar-refractivity contribution in [2.45, 2.75) is 0 Å². The fraction of sp³-hybridized carbons (Fsp3) is 0.0556. The van der Waals surface area contributed by atoms with Gasteiger partial charge in [-0.1, -0.05) is 56.1 Å². The number of rotatable bonds is 3.